The van der Waals surface area contributed by atoms with Crippen LogP contribution in [0.2, 0.25) is 10.0 Å². The number of nitrogens with zero attached hydrogens (tertiary/aromatic N) is 3. The second-order valence-corrected chi connectivity index (χ2v) is 7.41. The average Bonchev–Trinajstić information content (AvgIpc) is 3.13. The van der Waals surface area contributed by atoms with E-state index in [1.807, 2.05) is 38.1 Å². The summed E-state index contributed by atoms with van der Waals surface area (Å²) in [4.78, 5) is 8.21. The third-order valence-corrected chi connectivity index (χ3v) is 5.20. The number of hydrogen-bond acceptors (Lipinski definition) is 6. The lowest BCUT2D eigenvalue weighted by molar-refractivity contribution is 0.227. The number of fused-ring (bicyclic) bond motifs is 1. The lowest BCUT2D eigenvalue weighted by Gasteiger charge is -2.17. The van der Waals surface area contributed by atoms with E-state index in [1.54, 1.807) is 18.6 Å². The van der Waals surface area contributed by atoms with Gasteiger partial charge in [-0.3, -0.25) is 10.1 Å². The summed E-state index contributed by atoms with van der Waals surface area (Å²) in [6.45, 7) is 4.26. The van der Waals surface area contributed by atoms with Gasteiger partial charge in [0.25, 0.3) is 0 Å². The van der Waals surface area contributed by atoms with Crippen molar-refractivity contribution in [2.75, 3.05) is 12.3 Å². The molecule has 0 saturated carbocycles. The molecule has 1 aromatic carbocycles. The molecule has 3 heterocycles. The van der Waals surface area contributed by atoms with E-state index in [1.165, 1.54) is 0 Å². The minimum absolute atomic E-state index is 0.337. The zero-order chi connectivity index (χ0) is 21.3. The van der Waals surface area contributed by atoms with E-state index in [9.17, 15) is 0 Å². The van der Waals surface area contributed by atoms with Crippen LogP contribution in [-0.4, -0.2) is 26.8 Å². The maximum Gasteiger partial charge on any atom is 0.166 e. The number of H-pyrrole nitrogens is 1. The SMILES string of the molecule is CCOc1cc(-c2n[nH]c3ccc(O[C@H](C)c4c(Cl)cncc4Cl)cc23)cnc1N. The number of aromatic amines is 1. The maximum absolute atomic E-state index is 6.26. The summed E-state index contributed by atoms with van der Waals surface area (Å²) in [5.41, 5.74) is 8.94. The van der Waals surface area contributed by atoms with E-state index in [4.69, 9.17) is 38.4 Å². The molecule has 1 atom stereocenters. The zero-order valence-electron chi connectivity index (χ0n) is 16.3. The molecule has 30 heavy (non-hydrogen) atoms. The highest BCUT2D eigenvalue weighted by Crippen LogP contribution is 2.35. The number of anilines is 1. The Bertz CT molecular complexity index is 1190. The predicted octanol–water partition coefficient (Wildman–Crippen LogP) is 5.45. The fraction of sp³-hybridized carbons (Fsp3) is 0.190. The quantitative estimate of drug-likeness (QED) is 0.411. The molecule has 0 aliphatic rings. The fourth-order valence-electron chi connectivity index (χ4n) is 3.21. The van der Waals surface area contributed by atoms with Crippen LogP contribution in [0.3, 0.4) is 0 Å². The first-order valence-electron chi connectivity index (χ1n) is 9.30. The van der Waals surface area contributed by atoms with Crippen LogP contribution in [0.1, 0.15) is 25.5 Å². The average molecular weight is 444 g/mol. The van der Waals surface area contributed by atoms with Gasteiger partial charge in [-0.05, 0) is 38.1 Å². The molecule has 0 fully saturated rings. The standard InChI is InChI=1S/C21H19Cl2N5O2/c1-3-29-18-6-12(8-26-21(18)24)20-14-7-13(4-5-17(14)27-28-20)30-11(2)19-15(22)9-25-10-16(19)23/h4-11H,3H2,1-2H3,(H2,24,26)(H,27,28)/t11-/m1/s1. The largest absolute Gasteiger partial charge is 0.490 e. The molecule has 0 amide bonds. The van der Waals surface area contributed by atoms with Gasteiger partial charge in [-0.25, -0.2) is 4.98 Å². The van der Waals surface area contributed by atoms with Crippen molar-refractivity contribution in [3.05, 3.63) is 58.5 Å². The van der Waals surface area contributed by atoms with Gasteiger partial charge in [-0.2, -0.15) is 5.10 Å². The molecule has 7 nitrogen and oxygen atoms in total. The first-order chi connectivity index (χ1) is 14.5. The summed E-state index contributed by atoms with van der Waals surface area (Å²) in [6, 6.07) is 7.49. The van der Waals surface area contributed by atoms with Gasteiger partial charge in [0, 0.05) is 35.1 Å². The predicted molar refractivity (Wildman–Crippen MR) is 118 cm³/mol. The minimum atomic E-state index is -0.372. The molecular weight excluding hydrogens is 425 g/mol. The van der Waals surface area contributed by atoms with E-state index in [0.29, 0.717) is 39.5 Å². The minimum Gasteiger partial charge on any atom is -0.490 e. The Morgan fingerprint density at radius 1 is 1.13 bits per heavy atom. The molecule has 3 N–H and O–H groups in total. The van der Waals surface area contributed by atoms with Crippen molar-refractivity contribution >= 4 is 39.9 Å². The number of rotatable bonds is 6. The third kappa shape index (κ3) is 3.86. The van der Waals surface area contributed by atoms with E-state index < -0.39 is 0 Å². The van der Waals surface area contributed by atoms with Crippen LogP contribution in [0.5, 0.6) is 11.5 Å². The normalized spacial score (nSPS) is 12.1. The van der Waals surface area contributed by atoms with Crippen LogP contribution in [0.4, 0.5) is 5.82 Å². The highest BCUT2D eigenvalue weighted by Gasteiger charge is 2.17. The number of aromatic nitrogens is 4. The molecule has 0 aliphatic carbocycles. The molecule has 0 unspecified atom stereocenters. The maximum atomic E-state index is 6.26. The lowest BCUT2D eigenvalue weighted by Crippen LogP contribution is -2.05. The van der Waals surface area contributed by atoms with Gasteiger partial charge in [0.05, 0.1) is 22.2 Å². The molecule has 0 radical (unpaired) electrons. The van der Waals surface area contributed by atoms with Crippen molar-refractivity contribution in [1.29, 1.82) is 0 Å². The molecule has 154 valence electrons. The van der Waals surface area contributed by atoms with Crippen molar-refractivity contribution in [2.24, 2.45) is 0 Å². The number of nitrogens with one attached hydrogen (secondary N) is 1. The molecule has 4 aromatic rings. The fourth-order valence-corrected chi connectivity index (χ4v) is 3.89. The number of nitrogen functional groups attached to an aromatic ring is 1. The summed E-state index contributed by atoms with van der Waals surface area (Å²) in [7, 11) is 0. The number of pyridine rings is 2. The molecule has 9 heteroatoms. The van der Waals surface area contributed by atoms with E-state index in [2.05, 4.69) is 20.2 Å². The Morgan fingerprint density at radius 3 is 2.63 bits per heavy atom. The summed E-state index contributed by atoms with van der Waals surface area (Å²) in [5.74, 6) is 1.51. The van der Waals surface area contributed by atoms with Gasteiger partial charge in [-0.15, -0.1) is 0 Å². The number of ether oxygens (including phenoxy) is 2. The van der Waals surface area contributed by atoms with Crippen molar-refractivity contribution in [3.63, 3.8) is 0 Å². The molecule has 0 spiro atoms. The van der Waals surface area contributed by atoms with Gasteiger partial charge in [0.2, 0.25) is 0 Å². The summed E-state index contributed by atoms with van der Waals surface area (Å²) in [6.07, 6.45) is 4.39. The number of nitrogens with two attached hydrogens (primary N) is 1. The Labute approximate surface area is 183 Å². The van der Waals surface area contributed by atoms with Gasteiger partial charge in [0.1, 0.15) is 17.5 Å². The molecule has 0 bridgehead atoms. The smallest absolute Gasteiger partial charge is 0.166 e. The number of benzene rings is 1. The van der Waals surface area contributed by atoms with Crippen LogP contribution in [0, 0.1) is 0 Å². The Hall–Kier alpha value is -3.03. The first-order valence-corrected chi connectivity index (χ1v) is 10.1. The zero-order valence-corrected chi connectivity index (χ0v) is 17.8. The van der Waals surface area contributed by atoms with Crippen LogP contribution in [0.25, 0.3) is 22.2 Å². The summed E-state index contributed by atoms with van der Waals surface area (Å²) >= 11 is 12.5. The van der Waals surface area contributed by atoms with Crippen LogP contribution in [-0.2, 0) is 0 Å². The second-order valence-electron chi connectivity index (χ2n) is 6.60. The Balaban J connectivity index is 1.69. The van der Waals surface area contributed by atoms with Crippen molar-refractivity contribution in [1.82, 2.24) is 20.2 Å². The molecular formula is C21H19Cl2N5O2. The Morgan fingerprint density at radius 2 is 1.90 bits per heavy atom. The van der Waals surface area contributed by atoms with Gasteiger partial charge in [-0.1, -0.05) is 23.2 Å². The van der Waals surface area contributed by atoms with Crippen molar-refractivity contribution < 1.29 is 9.47 Å². The topological polar surface area (TPSA) is 98.9 Å². The highest BCUT2D eigenvalue weighted by molar-refractivity contribution is 6.35. The summed E-state index contributed by atoms with van der Waals surface area (Å²) in [5, 5.41) is 9.25. The van der Waals surface area contributed by atoms with Gasteiger partial charge in [0.15, 0.2) is 11.6 Å². The van der Waals surface area contributed by atoms with Gasteiger partial charge < -0.3 is 15.2 Å². The first kappa shape index (κ1) is 20.3. The van der Waals surface area contributed by atoms with Crippen LogP contribution < -0.4 is 15.2 Å². The van der Waals surface area contributed by atoms with Gasteiger partial charge >= 0.3 is 0 Å². The highest BCUT2D eigenvalue weighted by atomic mass is 35.5. The van der Waals surface area contributed by atoms with E-state index in [-0.39, 0.29) is 6.10 Å². The van der Waals surface area contributed by atoms with Crippen LogP contribution >= 0.6 is 23.2 Å². The van der Waals surface area contributed by atoms with Crippen molar-refractivity contribution in [3.8, 4) is 22.8 Å². The van der Waals surface area contributed by atoms with Crippen molar-refractivity contribution in [2.45, 2.75) is 20.0 Å². The summed E-state index contributed by atoms with van der Waals surface area (Å²) < 4.78 is 11.7. The molecule has 4 rings (SSSR count). The molecule has 0 saturated heterocycles. The van der Waals surface area contributed by atoms with E-state index >= 15 is 0 Å². The van der Waals surface area contributed by atoms with E-state index in [0.717, 1.165) is 22.2 Å². The Kier molecular flexibility index (Phi) is 5.65. The monoisotopic (exact) mass is 443 g/mol. The molecule has 0 aliphatic heterocycles. The third-order valence-electron chi connectivity index (χ3n) is 4.60. The second kappa shape index (κ2) is 8.38. The number of hydrogen-bond donors (Lipinski definition) is 2. The number of halogens is 2. The van der Waals surface area contributed by atoms with Crippen LogP contribution in [0.15, 0.2) is 42.9 Å². The molecule has 3 aromatic heterocycles. The lowest BCUT2D eigenvalue weighted by atomic mass is 10.1.